The fourth-order valence-electron chi connectivity index (χ4n) is 2.75. The van der Waals surface area contributed by atoms with Crippen molar-refractivity contribution in [2.75, 3.05) is 26.7 Å². The van der Waals surface area contributed by atoms with Gasteiger partial charge in [-0.3, -0.25) is 4.79 Å². The van der Waals surface area contributed by atoms with Crippen LogP contribution in [0.4, 0.5) is 0 Å². The van der Waals surface area contributed by atoms with E-state index in [9.17, 15) is 4.79 Å². The maximum absolute atomic E-state index is 12.4. The quantitative estimate of drug-likeness (QED) is 0.884. The van der Waals surface area contributed by atoms with Crippen LogP contribution < -0.4 is 5.32 Å². The summed E-state index contributed by atoms with van der Waals surface area (Å²) < 4.78 is 0. The van der Waals surface area contributed by atoms with E-state index in [1.54, 1.807) is 0 Å². The van der Waals surface area contributed by atoms with Gasteiger partial charge in [0.1, 0.15) is 0 Å². The van der Waals surface area contributed by atoms with E-state index in [0.29, 0.717) is 5.92 Å². The van der Waals surface area contributed by atoms with Crippen LogP contribution >= 0.6 is 0 Å². The predicted octanol–water partition coefficient (Wildman–Crippen LogP) is 1.98. The van der Waals surface area contributed by atoms with Crippen LogP contribution in [0.5, 0.6) is 0 Å². The van der Waals surface area contributed by atoms with Crippen LogP contribution in [0.2, 0.25) is 0 Å². The first kappa shape index (κ1) is 13.1. The first-order valence-electron chi connectivity index (χ1n) is 6.62. The zero-order valence-electron chi connectivity index (χ0n) is 11.5. The number of aryl methyl sites for hydroxylation is 2. The molecule has 1 aliphatic heterocycles. The minimum Gasteiger partial charge on any atom is -0.338 e. The molecule has 0 unspecified atom stereocenters. The molecule has 1 saturated heterocycles. The maximum atomic E-state index is 12.4. The molecule has 2 rings (SSSR count). The van der Waals surface area contributed by atoms with Crippen LogP contribution in [-0.4, -0.2) is 37.5 Å². The molecule has 0 radical (unpaired) electrons. The summed E-state index contributed by atoms with van der Waals surface area (Å²) in [5, 5.41) is 3.19. The third-order valence-corrected chi connectivity index (χ3v) is 3.53. The molecule has 0 bridgehead atoms. The Morgan fingerprint density at radius 1 is 1.33 bits per heavy atom. The first-order valence-corrected chi connectivity index (χ1v) is 6.62. The molecule has 1 fully saturated rings. The molecule has 98 valence electrons. The van der Waals surface area contributed by atoms with Gasteiger partial charge >= 0.3 is 0 Å². The molecule has 0 aliphatic carbocycles. The van der Waals surface area contributed by atoms with Gasteiger partial charge in [-0.15, -0.1) is 0 Å². The van der Waals surface area contributed by atoms with Gasteiger partial charge in [-0.1, -0.05) is 17.2 Å². The Balaban J connectivity index is 2.08. The van der Waals surface area contributed by atoms with E-state index in [1.165, 1.54) is 0 Å². The summed E-state index contributed by atoms with van der Waals surface area (Å²) >= 11 is 0. The Hall–Kier alpha value is -1.35. The van der Waals surface area contributed by atoms with Crippen molar-refractivity contribution in [1.29, 1.82) is 0 Å². The number of nitrogens with zero attached hydrogens (tertiary/aromatic N) is 1. The molecule has 1 amide bonds. The maximum Gasteiger partial charge on any atom is 0.253 e. The summed E-state index contributed by atoms with van der Waals surface area (Å²) in [5.41, 5.74) is 3.14. The van der Waals surface area contributed by atoms with Gasteiger partial charge in [0.25, 0.3) is 5.91 Å². The molecule has 1 atom stereocenters. The fourth-order valence-corrected chi connectivity index (χ4v) is 2.75. The van der Waals surface area contributed by atoms with Crippen LogP contribution in [0.25, 0.3) is 0 Å². The van der Waals surface area contributed by atoms with Gasteiger partial charge in [-0.05, 0) is 51.9 Å². The van der Waals surface area contributed by atoms with E-state index in [1.807, 2.05) is 37.9 Å². The van der Waals surface area contributed by atoms with Gasteiger partial charge in [0.15, 0.2) is 0 Å². The standard InChI is InChI=1S/C15H22N2O/c1-11-6-12(2)8-14(7-11)15(18)17-5-4-13(10-17)9-16-3/h6-8,13,16H,4-5,9-10H2,1-3H3/t13-/m1/s1. The number of nitrogens with one attached hydrogen (secondary N) is 1. The highest BCUT2D eigenvalue weighted by atomic mass is 16.2. The Morgan fingerprint density at radius 3 is 2.61 bits per heavy atom. The molecule has 3 heteroatoms. The van der Waals surface area contributed by atoms with Gasteiger partial charge in [0.05, 0.1) is 0 Å². The second-order valence-corrected chi connectivity index (χ2v) is 5.34. The van der Waals surface area contributed by atoms with Gasteiger partial charge < -0.3 is 10.2 Å². The molecule has 0 spiro atoms. The lowest BCUT2D eigenvalue weighted by Crippen LogP contribution is -2.30. The number of amides is 1. The Bertz CT molecular complexity index is 422. The smallest absolute Gasteiger partial charge is 0.253 e. The molecule has 1 heterocycles. The van der Waals surface area contributed by atoms with E-state index in [2.05, 4.69) is 11.4 Å². The lowest BCUT2D eigenvalue weighted by atomic mass is 10.1. The van der Waals surface area contributed by atoms with Crippen molar-refractivity contribution in [3.05, 3.63) is 34.9 Å². The number of rotatable bonds is 3. The SMILES string of the molecule is CNC[C@H]1CCN(C(=O)c2cc(C)cc(C)c2)C1. The molecule has 1 aromatic rings. The first-order chi connectivity index (χ1) is 8.60. The van der Waals surface area contributed by atoms with Crippen LogP contribution in [-0.2, 0) is 0 Å². The third kappa shape index (κ3) is 2.91. The van der Waals surface area contributed by atoms with Gasteiger partial charge in [-0.25, -0.2) is 0 Å². The Kier molecular flexibility index (Phi) is 4.02. The summed E-state index contributed by atoms with van der Waals surface area (Å²) in [4.78, 5) is 14.4. The molecule has 0 aromatic heterocycles. The molecule has 3 nitrogen and oxygen atoms in total. The van der Waals surface area contributed by atoms with E-state index < -0.39 is 0 Å². The minimum absolute atomic E-state index is 0.181. The number of carbonyl (C=O) groups is 1. The highest BCUT2D eigenvalue weighted by molar-refractivity contribution is 5.94. The highest BCUT2D eigenvalue weighted by Crippen LogP contribution is 2.19. The Morgan fingerprint density at radius 2 is 2.00 bits per heavy atom. The predicted molar refractivity (Wildman–Crippen MR) is 73.9 cm³/mol. The molecule has 1 N–H and O–H groups in total. The van der Waals surface area contributed by atoms with E-state index in [4.69, 9.17) is 0 Å². The van der Waals surface area contributed by atoms with Crippen LogP contribution in [0.1, 0.15) is 27.9 Å². The third-order valence-electron chi connectivity index (χ3n) is 3.53. The van der Waals surface area contributed by atoms with Crippen molar-refractivity contribution >= 4 is 5.91 Å². The second kappa shape index (κ2) is 5.53. The topological polar surface area (TPSA) is 32.3 Å². The number of hydrogen-bond acceptors (Lipinski definition) is 2. The molecular formula is C15H22N2O. The minimum atomic E-state index is 0.181. The van der Waals surface area contributed by atoms with Crippen molar-refractivity contribution in [1.82, 2.24) is 10.2 Å². The summed E-state index contributed by atoms with van der Waals surface area (Å²) in [7, 11) is 1.97. The normalized spacial score (nSPS) is 19.3. The summed E-state index contributed by atoms with van der Waals surface area (Å²) in [6.07, 6.45) is 1.11. The molecule has 1 aromatic carbocycles. The number of hydrogen-bond donors (Lipinski definition) is 1. The van der Waals surface area contributed by atoms with Gasteiger partial charge in [0, 0.05) is 18.7 Å². The molecule has 0 saturated carbocycles. The van der Waals surface area contributed by atoms with E-state index in [0.717, 1.165) is 42.7 Å². The Labute approximate surface area is 109 Å². The molecule has 1 aliphatic rings. The van der Waals surface area contributed by atoms with Gasteiger partial charge in [-0.2, -0.15) is 0 Å². The average Bonchev–Trinajstić information content (AvgIpc) is 2.76. The zero-order chi connectivity index (χ0) is 13.1. The van der Waals surface area contributed by atoms with Crippen LogP contribution in [0, 0.1) is 19.8 Å². The van der Waals surface area contributed by atoms with Crippen molar-refractivity contribution in [2.45, 2.75) is 20.3 Å². The van der Waals surface area contributed by atoms with Crippen molar-refractivity contribution in [2.24, 2.45) is 5.92 Å². The van der Waals surface area contributed by atoms with Gasteiger partial charge in [0.2, 0.25) is 0 Å². The van der Waals surface area contributed by atoms with Crippen molar-refractivity contribution < 1.29 is 4.79 Å². The van der Waals surface area contributed by atoms with Crippen LogP contribution in [0.15, 0.2) is 18.2 Å². The summed E-state index contributed by atoms with van der Waals surface area (Å²) in [6, 6.07) is 6.08. The lowest BCUT2D eigenvalue weighted by Gasteiger charge is -2.17. The number of likely N-dealkylation sites (tertiary alicyclic amines) is 1. The second-order valence-electron chi connectivity index (χ2n) is 5.34. The largest absolute Gasteiger partial charge is 0.338 e. The zero-order valence-corrected chi connectivity index (χ0v) is 11.5. The summed E-state index contributed by atoms with van der Waals surface area (Å²) in [6.45, 7) is 6.84. The highest BCUT2D eigenvalue weighted by Gasteiger charge is 2.26. The van der Waals surface area contributed by atoms with E-state index in [-0.39, 0.29) is 5.91 Å². The van der Waals surface area contributed by atoms with Crippen molar-refractivity contribution in [3.8, 4) is 0 Å². The molecular weight excluding hydrogens is 224 g/mol. The van der Waals surface area contributed by atoms with Crippen molar-refractivity contribution in [3.63, 3.8) is 0 Å². The summed E-state index contributed by atoms with van der Waals surface area (Å²) in [5.74, 6) is 0.783. The monoisotopic (exact) mass is 246 g/mol. The lowest BCUT2D eigenvalue weighted by molar-refractivity contribution is 0.0787. The average molecular weight is 246 g/mol. The fraction of sp³-hybridized carbons (Fsp3) is 0.533. The number of carbonyl (C=O) groups excluding carboxylic acids is 1. The van der Waals surface area contributed by atoms with E-state index >= 15 is 0 Å². The van der Waals surface area contributed by atoms with Crippen LogP contribution in [0.3, 0.4) is 0 Å². The molecule has 18 heavy (non-hydrogen) atoms. The number of benzene rings is 1.